The molecule has 1 N–H and O–H groups in total. The van der Waals surface area contributed by atoms with Gasteiger partial charge in [-0.1, -0.05) is 0 Å². The van der Waals surface area contributed by atoms with Crippen LogP contribution in [0.5, 0.6) is 0 Å². The molecule has 2 heterocycles. The highest BCUT2D eigenvalue weighted by Crippen LogP contribution is 2.25. The Morgan fingerprint density at radius 3 is 3.07 bits per heavy atom. The molecule has 0 aromatic carbocycles. The first-order valence-electron chi connectivity index (χ1n) is 4.78. The van der Waals surface area contributed by atoms with E-state index in [9.17, 15) is 10.1 Å². The number of rotatable bonds is 2. The zero-order chi connectivity index (χ0) is 10.8. The van der Waals surface area contributed by atoms with E-state index in [1.54, 1.807) is 10.9 Å². The van der Waals surface area contributed by atoms with E-state index < -0.39 is 4.92 Å². The average Bonchev–Trinajstić information content (AvgIpc) is 2.62. The summed E-state index contributed by atoms with van der Waals surface area (Å²) in [7, 11) is 0. The molecule has 0 saturated carbocycles. The summed E-state index contributed by atoms with van der Waals surface area (Å²) in [4.78, 5) is 10.1. The van der Waals surface area contributed by atoms with Crippen molar-refractivity contribution in [2.45, 2.75) is 18.9 Å². The molecule has 1 aromatic rings. The number of hydrogen-bond donors (Lipinski definition) is 1. The lowest BCUT2D eigenvalue weighted by atomic mass is 10.1. The van der Waals surface area contributed by atoms with Crippen LogP contribution in [0.3, 0.4) is 0 Å². The summed E-state index contributed by atoms with van der Waals surface area (Å²) < 4.78 is 2.12. The van der Waals surface area contributed by atoms with Crippen molar-refractivity contribution in [2.24, 2.45) is 0 Å². The maximum atomic E-state index is 10.6. The average molecular weight is 275 g/mol. The summed E-state index contributed by atoms with van der Waals surface area (Å²) in [6, 6.07) is 0.226. The van der Waals surface area contributed by atoms with E-state index in [0.717, 1.165) is 25.9 Å². The Morgan fingerprint density at radius 2 is 2.53 bits per heavy atom. The minimum absolute atomic E-state index is 0.111. The van der Waals surface area contributed by atoms with Gasteiger partial charge in [-0.15, -0.1) is 0 Å². The van der Waals surface area contributed by atoms with E-state index in [2.05, 4.69) is 26.3 Å². The topological polar surface area (TPSA) is 73.0 Å². The lowest BCUT2D eigenvalue weighted by Gasteiger charge is -2.20. The Kier molecular flexibility index (Phi) is 3.01. The molecule has 2 rings (SSSR count). The Hall–Kier alpha value is -0.950. The molecule has 1 aliphatic heterocycles. The van der Waals surface area contributed by atoms with Gasteiger partial charge in [-0.05, 0) is 40.2 Å². The van der Waals surface area contributed by atoms with Crippen molar-refractivity contribution >= 4 is 21.7 Å². The van der Waals surface area contributed by atoms with Crippen LogP contribution in [0.4, 0.5) is 5.82 Å². The number of aromatic nitrogens is 2. The monoisotopic (exact) mass is 274 g/mol. The molecule has 0 spiro atoms. The van der Waals surface area contributed by atoms with Crippen LogP contribution in [0, 0.1) is 10.1 Å². The fourth-order valence-electron chi connectivity index (χ4n) is 1.73. The van der Waals surface area contributed by atoms with E-state index in [0.29, 0.717) is 4.47 Å². The molecule has 0 radical (unpaired) electrons. The molecule has 15 heavy (non-hydrogen) atoms. The molecule has 0 bridgehead atoms. The predicted octanol–water partition coefficient (Wildman–Crippen LogP) is 1.48. The van der Waals surface area contributed by atoms with Crippen LogP contribution in [-0.4, -0.2) is 27.8 Å². The Labute approximate surface area is 94.9 Å². The van der Waals surface area contributed by atoms with Gasteiger partial charge >= 0.3 is 5.82 Å². The summed E-state index contributed by atoms with van der Waals surface area (Å²) in [5, 5.41) is 17.8. The molecule has 6 nitrogen and oxygen atoms in total. The molecule has 1 fully saturated rings. The first-order chi connectivity index (χ1) is 7.18. The van der Waals surface area contributed by atoms with Crippen molar-refractivity contribution in [3.05, 3.63) is 20.8 Å². The van der Waals surface area contributed by atoms with Crippen LogP contribution < -0.4 is 5.32 Å². The van der Waals surface area contributed by atoms with Crippen LogP contribution in [0.1, 0.15) is 18.9 Å². The van der Waals surface area contributed by atoms with Gasteiger partial charge in [0.2, 0.25) is 0 Å². The SMILES string of the molecule is O=[N+]([O-])c1nn(C2CCCNC2)cc1Br. The lowest BCUT2D eigenvalue weighted by Crippen LogP contribution is -2.31. The molecule has 1 aromatic heterocycles. The van der Waals surface area contributed by atoms with Crippen LogP contribution in [0.2, 0.25) is 0 Å². The van der Waals surface area contributed by atoms with E-state index in [1.165, 1.54) is 0 Å². The molecule has 7 heteroatoms. The summed E-state index contributed by atoms with van der Waals surface area (Å²) in [5.41, 5.74) is 0. The zero-order valence-corrected chi connectivity index (χ0v) is 9.61. The second-order valence-corrected chi connectivity index (χ2v) is 4.39. The number of nitro groups is 1. The first-order valence-corrected chi connectivity index (χ1v) is 5.57. The molecule has 0 aliphatic carbocycles. The van der Waals surface area contributed by atoms with Gasteiger partial charge in [-0.25, -0.2) is 0 Å². The van der Waals surface area contributed by atoms with E-state index in [1.807, 2.05) is 0 Å². The lowest BCUT2D eigenvalue weighted by molar-refractivity contribution is -0.390. The third kappa shape index (κ3) is 2.18. The standard InChI is InChI=1S/C8H11BrN4O2/c9-7-5-12(11-8(7)13(14)15)6-2-1-3-10-4-6/h5-6,10H,1-4H2. The highest BCUT2D eigenvalue weighted by atomic mass is 79.9. The molecule has 0 amide bonds. The van der Waals surface area contributed by atoms with Gasteiger partial charge < -0.3 is 15.4 Å². The number of halogens is 1. The maximum absolute atomic E-state index is 10.6. The normalized spacial score (nSPS) is 21.5. The zero-order valence-electron chi connectivity index (χ0n) is 8.02. The summed E-state index contributed by atoms with van der Waals surface area (Å²) >= 11 is 3.14. The Morgan fingerprint density at radius 1 is 1.73 bits per heavy atom. The summed E-state index contributed by atoms with van der Waals surface area (Å²) in [6.07, 6.45) is 3.77. The van der Waals surface area contributed by atoms with Gasteiger partial charge in [-0.3, -0.25) is 0 Å². The highest BCUT2D eigenvalue weighted by molar-refractivity contribution is 9.10. The highest BCUT2D eigenvalue weighted by Gasteiger charge is 2.24. The Balaban J connectivity index is 2.21. The minimum atomic E-state index is -0.475. The van der Waals surface area contributed by atoms with Crippen molar-refractivity contribution < 1.29 is 4.92 Å². The second-order valence-electron chi connectivity index (χ2n) is 3.54. The molecule has 1 unspecified atom stereocenters. The third-order valence-electron chi connectivity index (χ3n) is 2.49. The number of piperidine rings is 1. The van der Waals surface area contributed by atoms with Crippen molar-refractivity contribution in [1.82, 2.24) is 15.1 Å². The van der Waals surface area contributed by atoms with Gasteiger partial charge in [0.25, 0.3) is 0 Å². The van der Waals surface area contributed by atoms with Crippen molar-refractivity contribution in [3.63, 3.8) is 0 Å². The van der Waals surface area contributed by atoms with Gasteiger partial charge in [-0.2, -0.15) is 4.68 Å². The predicted molar refractivity (Wildman–Crippen MR) is 57.7 cm³/mol. The minimum Gasteiger partial charge on any atom is -0.358 e. The first kappa shape index (κ1) is 10.6. The fraction of sp³-hybridized carbons (Fsp3) is 0.625. The molecule has 82 valence electrons. The third-order valence-corrected chi connectivity index (χ3v) is 3.05. The summed E-state index contributed by atoms with van der Waals surface area (Å²) in [5.74, 6) is -0.111. The van der Waals surface area contributed by atoms with E-state index in [4.69, 9.17) is 0 Å². The number of nitrogens with zero attached hydrogens (tertiary/aromatic N) is 3. The molecule has 1 saturated heterocycles. The second kappa shape index (κ2) is 4.28. The van der Waals surface area contributed by atoms with Gasteiger partial charge in [0.15, 0.2) is 0 Å². The van der Waals surface area contributed by atoms with Crippen LogP contribution in [0.15, 0.2) is 10.7 Å². The Bertz CT molecular complexity index is 373. The maximum Gasteiger partial charge on any atom is 0.404 e. The largest absolute Gasteiger partial charge is 0.404 e. The van der Waals surface area contributed by atoms with Crippen LogP contribution >= 0.6 is 15.9 Å². The smallest absolute Gasteiger partial charge is 0.358 e. The van der Waals surface area contributed by atoms with Crippen LogP contribution in [0.25, 0.3) is 0 Å². The quantitative estimate of drug-likeness (QED) is 0.655. The number of hydrogen-bond acceptors (Lipinski definition) is 4. The van der Waals surface area contributed by atoms with E-state index >= 15 is 0 Å². The van der Waals surface area contributed by atoms with Crippen molar-refractivity contribution in [1.29, 1.82) is 0 Å². The molecule has 1 aliphatic rings. The van der Waals surface area contributed by atoms with Gasteiger partial charge in [0, 0.05) is 6.54 Å². The van der Waals surface area contributed by atoms with Gasteiger partial charge in [0.05, 0.1) is 17.3 Å². The van der Waals surface area contributed by atoms with Gasteiger partial charge in [0.1, 0.15) is 4.47 Å². The molecular formula is C8H11BrN4O2. The van der Waals surface area contributed by atoms with Crippen LogP contribution in [-0.2, 0) is 0 Å². The van der Waals surface area contributed by atoms with Crippen molar-refractivity contribution in [2.75, 3.05) is 13.1 Å². The fourth-order valence-corrected chi connectivity index (χ4v) is 2.16. The van der Waals surface area contributed by atoms with E-state index in [-0.39, 0.29) is 11.9 Å². The number of nitrogens with one attached hydrogen (secondary N) is 1. The van der Waals surface area contributed by atoms with Crippen molar-refractivity contribution in [3.8, 4) is 0 Å². The summed E-state index contributed by atoms with van der Waals surface area (Å²) in [6.45, 7) is 1.84. The molecule has 1 atom stereocenters. The molecular weight excluding hydrogens is 264 g/mol.